The highest BCUT2D eigenvalue weighted by Gasteiger charge is 2.31. The van der Waals surface area contributed by atoms with Crippen molar-refractivity contribution in [2.75, 3.05) is 19.8 Å². The average molecular weight is 318 g/mol. The summed E-state index contributed by atoms with van der Waals surface area (Å²) in [6.07, 6.45) is 2.77. The van der Waals surface area contributed by atoms with Gasteiger partial charge in [-0.2, -0.15) is 0 Å². The molecule has 2 aromatic heterocycles. The predicted molar refractivity (Wildman–Crippen MR) is 87.9 cm³/mol. The van der Waals surface area contributed by atoms with E-state index in [1.54, 1.807) is 6.08 Å². The van der Waals surface area contributed by atoms with Crippen molar-refractivity contribution in [2.24, 2.45) is 7.05 Å². The molecule has 0 aliphatic carbocycles. The van der Waals surface area contributed by atoms with Crippen LogP contribution in [-0.4, -0.2) is 39.7 Å². The maximum atomic E-state index is 5.73. The molecule has 3 rings (SSSR count). The van der Waals surface area contributed by atoms with Gasteiger partial charge in [0, 0.05) is 36.3 Å². The Morgan fingerprint density at radius 1 is 1.50 bits per heavy atom. The van der Waals surface area contributed by atoms with Gasteiger partial charge in [-0.05, 0) is 19.1 Å². The van der Waals surface area contributed by atoms with E-state index in [1.165, 1.54) is 15.4 Å². The summed E-state index contributed by atoms with van der Waals surface area (Å²) >= 11 is 1.86. The van der Waals surface area contributed by atoms with Crippen LogP contribution >= 0.6 is 11.3 Å². The zero-order valence-corrected chi connectivity index (χ0v) is 14.0. The van der Waals surface area contributed by atoms with Crippen LogP contribution in [0.3, 0.4) is 0 Å². The highest BCUT2D eigenvalue weighted by Crippen LogP contribution is 2.30. The summed E-state index contributed by atoms with van der Waals surface area (Å²) in [4.78, 5) is 5.19. The summed E-state index contributed by atoms with van der Waals surface area (Å²) in [6, 6.07) is 4.56. The van der Waals surface area contributed by atoms with Crippen molar-refractivity contribution in [3.8, 4) is 0 Å². The van der Waals surface area contributed by atoms with Crippen LogP contribution in [0.1, 0.15) is 27.2 Å². The van der Waals surface area contributed by atoms with Gasteiger partial charge in [-0.3, -0.25) is 9.58 Å². The first kappa shape index (κ1) is 15.4. The van der Waals surface area contributed by atoms with Crippen LogP contribution in [0.5, 0.6) is 0 Å². The molecule has 1 aliphatic rings. The van der Waals surface area contributed by atoms with Crippen LogP contribution in [0, 0.1) is 6.92 Å². The fourth-order valence-electron chi connectivity index (χ4n) is 2.93. The van der Waals surface area contributed by atoms with Gasteiger partial charge in [-0.1, -0.05) is 11.3 Å². The molecule has 0 saturated carbocycles. The van der Waals surface area contributed by atoms with E-state index in [0.717, 1.165) is 25.2 Å². The van der Waals surface area contributed by atoms with Gasteiger partial charge in [0.2, 0.25) is 0 Å². The summed E-state index contributed by atoms with van der Waals surface area (Å²) in [5.41, 5.74) is 2.29. The Hall–Kier alpha value is -1.50. The second kappa shape index (κ2) is 6.73. The van der Waals surface area contributed by atoms with Crippen LogP contribution < -0.4 is 0 Å². The van der Waals surface area contributed by atoms with Crippen LogP contribution in [0.15, 0.2) is 24.8 Å². The Balaban J connectivity index is 1.80. The minimum absolute atomic E-state index is 0.166. The van der Waals surface area contributed by atoms with Crippen molar-refractivity contribution in [2.45, 2.75) is 25.9 Å². The third-order valence-electron chi connectivity index (χ3n) is 4.03. The largest absolute Gasteiger partial charge is 0.375 e. The summed E-state index contributed by atoms with van der Waals surface area (Å²) in [5, 5.41) is 8.57. The molecule has 118 valence electrons. The molecule has 5 nitrogen and oxygen atoms in total. The Labute approximate surface area is 135 Å². The predicted octanol–water partition coefficient (Wildman–Crippen LogP) is 2.49. The van der Waals surface area contributed by atoms with Gasteiger partial charge in [-0.25, -0.2) is 0 Å². The van der Waals surface area contributed by atoms with E-state index < -0.39 is 0 Å². The molecule has 0 saturated heterocycles. The van der Waals surface area contributed by atoms with Gasteiger partial charge < -0.3 is 4.74 Å². The standard InChI is InChI=1S/C16H22N4OS/c1-4-9-21-11-15-16-14(19(3)18-17-16)7-8-20(15)10-13-6-5-12(2)22-13/h4-6,15H,1,7-11H2,2-3H3. The van der Waals surface area contributed by atoms with Gasteiger partial charge in [0.05, 0.1) is 24.9 Å². The van der Waals surface area contributed by atoms with Gasteiger partial charge in [0.1, 0.15) is 5.69 Å². The molecule has 22 heavy (non-hydrogen) atoms. The quantitative estimate of drug-likeness (QED) is 0.606. The maximum Gasteiger partial charge on any atom is 0.105 e. The molecule has 0 spiro atoms. The Bertz CT molecular complexity index is 648. The van der Waals surface area contributed by atoms with E-state index in [0.29, 0.717) is 13.2 Å². The molecule has 0 N–H and O–H groups in total. The van der Waals surface area contributed by atoms with E-state index in [1.807, 2.05) is 23.1 Å². The van der Waals surface area contributed by atoms with Gasteiger partial charge >= 0.3 is 0 Å². The number of thiophene rings is 1. The minimum Gasteiger partial charge on any atom is -0.375 e. The highest BCUT2D eigenvalue weighted by molar-refractivity contribution is 7.11. The van der Waals surface area contributed by atoms with E-state index >= 15 is 0 Å². The number of hydrogen-bond donors (Lipinski definition) is 0. The molecule has 0 bridgehead atoms. The van der Waals surface area contributed by atoms with Crippen LogP contribution in [-0.2, 0) is 24.8 Å². The average Bonchev–Trinajstić information content (AvgIpc) is 3.08. The Morgan fingerprint density at radius 2 is 2.36 bits per heavy atom. The zero-order chi connectivity index (χ0) is 15.5. The first-order valence-electron chi connectivity index (χ1n) is 7.55. The van der Waals surface area contributed by atoms with E-state index in [4.69, 9.17) is 4.74 Å². The van der Waals surface area contributed by atoms with Gasteiger partial charge in [0.25, 0.3) is 0 Å². The second-order valence-electron chi connectivity index (χ2n) is 5.62. The number of aryl methyl sites for hydroxylation is 2. The van der Waals surface area contributed by atoms with Crippen molar-refractivity contribution >= 4 is 11.3 Å². The summed E-state index contributed by atoms with van der Waals surface area (Å²) < 4.78 is 7.62. The first-order valence-corrected chi connectivity index (χ1v) is 8.37. The first-order chi connectivity index (χ1) is 10.7. The molecule has 1 aliphatic heterocycles. The number of rotatable bonds is 6. The minimum atomic E-state index is 0.166. The number of ether oxygens (including phenoxy) is 1. The Morgan fingerprint density at radius 3 is 3.09 bits per heavy atom. The highest BCUT2D eigenvalue weighted by atomic mass is 32.1. The van der Waals surface area contributed by atoms with Gasteiger partial charge in [-0.15, -0.1) is 23.0 Å². The SMILES string of the molecule is C=CCOCC1c2nnn(C)c2CCN1Cc1ccc(C)s1. The van der Waals surface area contributed by atoms with Crippen molar-refractivity contribution in [1.82, 2.24) is 19.9 Å². The van der Waals surface area contributed by atoms with Crippen molar-refractivity contribution in [1.29, 1.82) is 0 Å². The van der Waals surface area contributed by atoms with Crippen molar-refractivity contribution < 1.29 is 4.74 Å². The van der Waals surface area contributed by atoms with Crippen LogP contribution in [0.4, 0.5) is 0 Å². The van der Waals surface area contributed by atoms with E-state index in [2.05, 4.69) is 40.8 Å². The molecule has 1 unspecified atom stereocenters. The molecule has 0 radical (unpaired) electrons. The van der Waals surface area contributed by atoms with Crippen molar-refractivity contribution in [3.05, 3.63) is 45.9 Å². The molecule has 0 fully saturated rings. The third-order valence-corrected chi connectivity index (χ3v) is 5.02. The van der Waals surface area contributed by atoms with E-state index in [9.17, 15) is 0 Å². The summed E-state index contributed by atoms with van der Waals surface area (Å²) in [6.45, 7) is 9.00. The smallest absolute Gasteiger partial charge is 0.105 e. The third kappa shape index (κ3) is 3.14. The number of hydrogen-bond acceptors (Lipinski definition) is 5. The lowest BCUT2D eigenvalue weighted by Crippen LogP contribution is -2.37. The van der Waals surface area contributed by atoms with E-state index in [-0.39, 0.29) is 6.04 Å². The molecule has 2 aromatic rings. The molecular weight excluding hydrogens is 296 g/mol. The van der Waals surface area contributed by atoms with Crippen LogP contribution in [0.2, 0.25) is 0 Å². The lowest BCUT2D eigenvalue weighted by atomic mass is 10.0. The molecule has 0 amide bonds. The lowest BCUT2D eigenvalue weighted by Gasteiger charge is -2.34. The van der Waals surface area contributed by atoms with Crippen molar-refractivity contribution in [3.63, 3.8) is 0 Å². The number of nitrogens with zero attached hydrogens (tertiary/aromatic N) is 4. The fraction of sp³-hybridized carbons (Fsp3) is 0.500. The summed E-state index contributed by atoms with van der Waals surface area (Å²) in [7, 11) is 1.96. The number of fused-ring (bicyclic) bond motifs is 1. The zero-order valence-electron chi connectivity index (χ0n) is 13.2. The summed E-state index contributed by atoms with van der Waals surface area (Å²) in [5.74, 6) is 0. The molecule has 6 heteroatoms. The molecule has 3 heterocycles. The second-order valence-corrected chi connectivity index (χ2v) is 6.99. The lowest BCUT2D eigenvalue weighted by molar-refractivity contribution is 0.0605. The number of aromatic nitrogens is 3. The van der Waals surface area contributed by atoms with Gasteiger partial charge in [0.15, 0.2) is 0 Å². The topological polar surface area (TPSA) is 43.2 Å². The fourth-order valence-corrected chi connectivity index (χ4v) is 3.84. The maximum absolute atomic E-state index is 5.73. The Kier molecular flexibility index (Phi) is 4.71. The van der Waals surface area contributed by atoms with Crippen LogP contribution in [0.25, 0.3) is 0 Å². The molecule has 0 aromatic carbocycles. The molecular formula is C16H22N4OS. The normalized spacial score (nSPS) is 18.4. The molecule has 1 atom stereocenters. The monoisotopic (exact) mass is 318 g/mol.